The summed E-state index contributed by atoms with van der Waals surface area (Å²) >= 11 is 6.12. The lowest BCUT2D eigenvalue weighted by molar-refractivity contribution is 0.641. The minimum absolute atomic E-state index is 0.171. The molecule has 0 saturated carbocycles. The van der Waals surface area contributed by atoms with Crippen LogP contribution < -0.4 is 10.6 Å². The summed E-state index contributed by atoms with van der Waals surface area (Å²) in [7, 11) is 0. The van der Waals surface area contributed by atoms with Crippen molar-refractivity contribution in [2.75, 3.05) is 11.4 Å². The largest absolute Gasteiger partial charge is 0.368 e. The molecule has 2 atom stereocenters. The Labute approximate surface area is 115 Å². The van der Waals surface area contributed by atoms with E-state index in [-0.39, 0.29) is 6.04 Å². The molecule has 2 N–H and O–H groups in total. The summed E-state index contributed by atoms with van der Waals surface area (Å²) in [4.78, 5) is 2.54. The molecule has 1 aliphatic heterocycles. The summed E-state index contributed by atoms with van der Waals surface area (Å²) in [6, 6.07) is 7.08. The van der Waals surface area contributed by atoms with Gasteiger partial charge in [0.05, 0.1) is 0 Å². The summed E-state index contributed by atoms with van der Waals surface area (Å²) in [6.45, 7) is 5.47. The molecule has 1 aromatic carbocycles. The maximum absolute atomic E-state index is 6.12. The summed E-state index contributed by atoms with van der Waals surface area (Å²) in [6.07, 6.45) is 4.69. The molecular weight excluding hydrogens is 244 g/mol. The van der Waals surface area contributed by atoms with Crippen LogP contribution in [0.25, 0.3) is 0 Å². The highest BCUT2D eigenvalue weighted by molar-refractivity contribution is 6.30. The van der Waals surface area contributed by atoms with E-state index in [0.717, 1.165) is 18.0 Å². The molecule has 0 aliphatic carbocycles. The molecule has 2 unspecified atom stereocenters. The molecule has 2 rings (SSSR count). The second kappa shape index (κ2) is 5.94. The van der Waals surface area contributed by atoms with E-state index in [2.05, 4.69) is 24.0 Å². The van der Waals surface area contributed by atoms with E-state index in [1.807, 2.05) is 13.0 Å². The van der Waals surface area contributed by atoms with Crippen LogP contribution in [0.4, 0.5) is 5.69 Å². The van der Waals surface area contributed by atoms with Gasteiger partial charge in [-0.1, -0.05) is 18.5 Å². The van der Waals surface area contributed by atoms with Crippen molar-refractivity contribution >= 4 is 17.3 Å². The first kappa shape index (κ1) is 13.7. The van der Waals surface area contributed by atoms with E-state index in [1.165, 1.54) is 30.5 Å². The van der Waals surface area contributed by atoms with Crippen LogP contribution >= 0.6 is 11.6 Å². The van der Waals surface area contributed by atoms with Gasteiger partial charge in [0.15, 0.2) is 0 Å². The Kier molecular flexibility index (Phi) is 4.52. The van der Waals surface area contributed by atoms with Crippen molar-refractivity contribution in [2.45, 2.75) is 51.6 Å². The Morgan fingerprint density at radius 3 is 2.94 bits per heavy atom. The summed E-state index contributed by atoms with van der Waals surface area (Å²) in [5, 5.41) is 0.807. The molecule has 0 amide bonds. The number of rotatable bonds is 4. The van der Waals surface area contributed by atoms with E-state index in [0.29, 0.717) is 6.04 Å². The smallest absolute Gasteiger partial charge is 0.0410 e. The summed E-state index contributed by atoms with van der Waals surface area (Å²) < 4.78 is 0. The van der Waals surface area contributed by atoms with Gasteiger partial charge in [0.25, 0.3) is 0 Å². The van der Waals surface area contributed by atoms with Crippen molar-refractivity contribution in [1.82, 2.24) is 0 Å². The molecule has 0 radical (unpaired) electrons. The van der Waals surface area contributed by atoms with Crippen molar-refractivity contribution in [3.05, 3.63) is 28.8 Å². The van der Waals surface area contributed by atoms with Crippen molar-refractivity contribution < 1.29 is 0 Å². The van der Waals surface area contributed by atoms with Crippen LogP contribution in [0, 0.1) is 0 Å². The number of hydrogen-bond donors (Lipinski definition) is 1. The molecule has 0 aromatic heterocycles. The minimum atomic E-state index is 0.171. The van der Waals surface area contributed by atoms with Gasteiger partial charge in [0.1, 0.15) is 0 Å². The van der Waals surface area contributed by atoms with E-state index < -0.39 is 0 Å². The van der Waals surface area contributed by atoms with Crippen LogP contribution in [0.1, 0.15) is 38.7 Å². The maximum atomic E-state index is 6.12. The number of hydrogen-bond acceptors (Lipinski definition) is 2. The quantitative estimate of drug-likeness (QED) is 0.902. The van der Waals surface area contributed by atoms with Crippen LogP contribution in [-0.4, -0.2) is 18.6 Å². The van der Waals surface area contributed by atoms with Crippen LogP contribution in [0.2, 0.25) is 5.02 Å². The Balaban J connectivity index is 2.30. The lowest BCUT2D eigenvalue weighted by Gasteiger charge is -2.28. The zero-order valence-electron chi connectivity index (χ0n) is 11.3. The van der Waals surface area contributed by atoms with Gasteiger partial charge in [0, 0.05) is 29.3 Å². The van der Waals surface area contributed by atoms with Gasteiger partial charge < -0.3 is 10.6 Å². The SMILES string of the molecule is CCC1CCCN1c1ccc(Cl)cc1CC(C)N. The average Bonchev–Trinajstić information content (AvgIpc) is 2.76. The van der Waals surface area contributed by atoms with Gasteiger partial charge in [-0.05, 0) is 56.4 Å². The van der Waals surface area contributed by atoms with Gasteiger partial charge in [-0.15, -0.1) is 0 Å². The van der Waals surface area contributed by atoms with Crippen molar-refractivity contribution in [3.8, 4) is 0 Å². The number of halogens is 1. The summed E-state index contributed by atoms with van der Waals surface area (Å²) in [5.41, 5.74) is 8.57. The predicted molar refractivity (Wildman–Crippen MR) is 79.5 cm³/mol. The maximum Gasteiger partial charge on any atom is 0.0410 e. The van der Waals surface area contributed by atoms with Gasteiger partial charge in [-0.2, -0.15) is 0 Å². The molecule has 18 heavy (non-hydrogen) atoms. The zero-order chi connectivity index (χ0) is 13.1. The molecule has 0 spiro atoms. The number of nitrogens with two attached hydrogens (primary N) is 1. The second-order valence-corrected chi connectivity index (χ2v) is 5.79. The van der Waals surface area contributed by atoms with Gasteiger partial charge in [-0.3, -0.25) is 0 Å². The summed E-state index contributed by atoms with van der Waals surface area (Å²) in [5.74, 6) is 0. The fourth-order valence-corrected chi connectivity index (χ4v) is 3.12. The van der Waals surface area contributed by atoms with Gasteiger partial charge in [0.2, 0.25) is 0 Å². The first-order valence-corrected chi connectivity index (χ1v) is 7.30. The van der Waals surface area contributed by atoms with E-state index >= 15 is 0 Å². The van der Waals surface area contributed by atoms with E-state index in [4.69, 9.17) is 17.3 Å². The minimum Gasteiger partial charge on any atom is -0.368 e. The van der Waals surface area contributed by atoms with Crippen molar-refractivity contribution in [1.29, 1.82) is 0 Å². The third kappa shape index (κ3) is 2.99. The Hall–Kier alpha value is -0.730. The van der Waals surface area contributed by atoms with Crippen molar-refractivity contribution in [3.63, 3.8) is 0 Å². The lowest BCUT2D eigenvalue weighted by Crippen LogP contribution is -2.30. The monoisotopic (exact) mass is 266 g/mol. The molecule has 1 aromatic rings. The molecule has 2 nitrogen and oxygen atoms in total. The molecule has 1 fully saturated rings. The number of benzene rings is 1. The van der Waals surface area contributed by atoms with Crippen LogP contribution in [0.3, 0.4) is 0 Å². The number of anilines is 1. The lowest BCUT2D eigenvalue weighted by atomic mass is 10.0. The van der Waals surface area contributed by atoms with Crippen LogP contribution in [0.5, 0.6) is 0 Å². The Bertz CT molecular complexity index is 403. The van der Waals surface area contributed by atoms with Gasteiger partial charge in [-0.25, -0.2) is 0 Å². The molecule has 1 saturated heterocycles. The first-order chi connectivity index (χ1) is 8.61. The molecule has 0 bridgehead atoms. The third-order valence-corrected chi connectivity index (χ3v) is 3.98. The fourth-order valence-electron chi connectivity index (χ4n) is 2.92. The van der Waals surface area contributed by atoms with E-state index in [9.17, 15) is 0 Å². The van der Waals surface area contributed by atoms with Crippen LogP contribution in [-0.2, 0) is 6.42 Å². The fraction of sp³-hybridized carbons (Fsp3) is 0.600. The zero-order valence-corrected chi connectivity index (χ0v) is 12.1. The van der Waals surface area contributed by atoms with Crippen LogP contribution in [0.15, 0.2) is 18.2 Å². The first-order valence-electron chi connectivity index (χ1n) is 6.92. The molecule has 1 aliphatic rings. The molecular formula is C15H23ClN2. The average molecular weight is 267 g/mol. The van der Waals surface area contributed by atoms with E-state index in [1.54, 1.807) is 0 Å². The highest BCUT2D eigenvalue weighted by Gasteiger charge is 2.24. The Morgan fingerprint density at radius 2 is 2.28 bits per heavy atom. The highest BCUT2D eigenvalue weighted by atomic mass is 35.5. The van der Waals surface area contributed by atoms with Gasteiger partial charge >= 0.3 is 0 Å². The third-order valence-electron chi connectivity index (χ3n) is 3.74. The molecule has 100 valence electrons. The molecule has 3 heteroatoms. The predicted octanol–water partition coefficient (Wildman–Crippen LogP) is 3.61. The normalized spacial score (nSPS) is 21.3. The van der Waals surface area contributed by atoms with Crippen molar-refractivity contribution in [2.24, 2.45) is 5.73 Å². The second-order valence-electron chi connectivity index (χ2n) is 5.35. The Morgan fingerprint density at radius 1 is 1.50 bits per heavy atom. The standard InChI is InChI=1S/C15H23ClN2/c1-3-14-5-4-8-18(14)15-7-6-13(16)10-12(15)9-11(2)17/h6-7,10-11,14H,3-5,8-9,17H2,1-2H3. The number of nitrogens with zero attached hydrogens (tertiary/aromatic N) is 1. The molecule has 1 heterocycles. The topological polar surface area (TPSA) is 29.3 Å². The highest BCUT2D eigenvalue weighted by Crippen LogP contribution is 2.32.